The van der Waals surface area contributed by atoms with Crippen LogP contribution in [0.15, 0.2) is 30.5 Å². The molecule has 0 bridgehead atoms. The summed E-state index contributed by atoms with van der Waals surface area (Å²) in [5, 5.41) is 4.58. The Morgan fingerprint density at radius 3 is 2.95 bits per heavy atom. The topological polar surface area (TPSA) is 43.4 Å². The minimum Gasteiger partial charge on any atom is -0.486 e. The number of para-hydroxylation sites is 2. The zero-order chi connectivity index (χ0) is 13.9. The molecule has 4 nitrogen and oxygen atoms in total. The van der Waals surface area contributed by atoms with Crippen molar-refractivity contribution in [3.8, 4) is 11.5 Å². The number of aromatic nitrogens is 1. The van der Waals surface area contributed by atoms with Gasteiger partial charge in [0.2, 0.25) is 0 Å². The van der Waals surface area contributed by atoms with Crippen LogP contribution in [0.2, 0.25) is 0 Å². The zero-order valence-corrected chi connectivity index (χ0v) is 12.4. The van der Waals surface area contributed by atoms with E-state index in [4.69, 9.17) is 9.47 Å². The monoisotopic (exact) mass is 290 g/mol. The third-order valence-corrected chi connectivity index (χ3v) is 4.38. The van der Waals surface area contributed by atoms with Crippen molar-refractivity contribution in [1.82, 2.24) is 10.3 Å². The summed E-state index contributed by atoms with van der Waals surface area (Å²) in [7, 11) is 0. The quantitative estimate of drug-likeness (QED) is 0.940. The number of rotatable bonds is 4. The molecule has 2 atom stereocenters. The van der Waals surface area contributed by atoms with Crippen LogP contribution in [0, 0.1) is 6.92 Å². The highest BCUT2D eigenvalue weighted by molar-refractivity contribution is 7.11. The van der Waals surface area contributed by atoms with E-state index in [1.54, 1.807) is 11.3 Å². The Labute approximate surface area is 122 Å². The Hall–Kier alpha value is -1.59. The van der Waals surface area contributed by atoms with Crippen LogP contribution in [0.5, 0.6) is 11.5 Å². The summed E-state index contributed by atoms with van der Waals surface area (Å²) in [6.07, 6.45) is 1.98. The molecular formula is C15H18N2O2S. The second-order valence-corrected chi connectivity index (χ2v) is 6.18. The minimum atomic E-state index is 0.0429. The number of aryl methyl sites for hydroxylation is 1. The number of thiazole rings is 1. The van der Waals surface area contributed by atoms with E-state index in [0.29, 0.717) is 6.61 Å². The molecule has 5 heteroatoms. The molecule has 1 N–H and O–H groups in total. The number of nitrogens with one attached hydrogen (secondary N) is 1. The minimum absolute atomic E-state index is 0.0429. The molecule has 0 saturated carbocycles. The second kappa shape index (κ2) is 5.81. The van der Waals surface area contributed by atoms with E-state index < -0.39 is 0 Å². The number of nitrogens with zero attached hydrogens (tertiary/aromatic N) is 1. The van der Waals surface area contributed by atoms with Gasteiger partial charge in [0.05, 0.1) is 5.01 Å². The van der Waals surface area contributed by atoms with Gasteiger partial charge in [-0.1, -0.05) is 12.1 Å². The highest BCUT2D eigenvalue weighted by Crippen LogP contribution is 2.30. The van der Waals surface area contributed by atoms with Crippen molar-refractivity contribution in [2.24, 2.45) is 0 Å². The van der Waals surface area contributed by atoms with Gasteiger partial charge >= 0.3 is 0 Å². The Morgan fingerprint density at radius 1 is 1.40 bits per heavy atom. The van der Waals surface area contributed by atoms with Crippen LogP contribution in [0.25, 0.3) is 0 Å². The van der Waals surface area contributed by atoms with Crippen molar-refractivity contribution in [3.63, 3.8) is 0 Å². The maximum absolute atomic E-state index is 5.92. The summed E-state index contributed by atoms with van der Waals surface area (Å²) in [5.74, 6) is 1.65. The Balaban J connectivity index is 1.55. The van der Waals surface area contributed by atoms with E-state index in [0.717, 1.165) is 23.1 Å². The van der Waals surface area contributed by atoms with E-state index in [-0.39, 0.29) is 12.1 Å². The van der Waals surface area contributed by atoms with Crippen LogP contribution >= 0.6 is 11.3 Å². The van der Waals surface area contributed by atoms with Crippen LogP contribution in [-0.4, -0.2) is 24.2 Å². The first-order valence-electron chi connectivity index (χ1n) is 6.76. The Kier molecular flexibility index (Phi) is 3.89. The van der Waals surface area contributed by atoms with E-state index in [1.165, 1.54) is 4.88 Å². The van der Waals surface area contributed by atoms with E-state index in [1.807, 2.05) is 37.4 Å². The summed E-state index contributed by atoms with van der Waals surface area (Å²) in [6, 6.07) is 8.07. The third kappa shape index (κ3) is 2.94. The molecule has 0 spiro atoms. The molecule has 0 radical (unpaired) electrons. The molecule has 1 aliphatic rings. The van der Waals surface area contributed by atoms with Crippen LogP contribution in [0.4, 0.5) is 0 Å². The fourth-order valence-corrected chi connectivity index (χ4v) is 2.96. The molecule has 1 aliphatic heterocycles. The van der Waals surface area contributed by atoms with Crippen molar-refractivity contribution < 1.29 is 9.47 Å². The van der Waals surface area contributed by atoms with Gasteiger partial charge in [-0.2, -0.15) is 0 Å². The molecule has 1 aromatic heterocycles. The lowest BCUT2D eigenvalue weighted by molar-refractivity contribution is 0.0887. The van der Waals surface area contributed by atoms with Crippen molar-refractivity contribution in [3.05, 3.63) is 40.3 Å². The maximum Gasteiger partial charge on any atom is 0.161 e. The van der Waals surface area contributed by atoms with Crippen molar-refractivity contribution in [2.45, 2.75) is 26.0 Å². The Morgan fingerprint density at radius 2 is 2.20 bits per heavy atom. The molecule has 0 amide bonds. The summed E-state index contributed by atoms with van der Waals surface area (Å²) in [5.41, 5.74) is 0. The number of hydrogen-bond acceptors (Lipinski definition) is 5. The van der Waals surface area contributed by atoms with Crippen LogP contribution in [0.3, 0.4) is 0 Å². The van der Waals surface area contributed by atoms with E-state index in [2.05, 4.69) is 17.2 Å². The lowest BCUT2D eigenvalue weighted by atomic mass is 10.2. The van der Waals surface area contributed by atoms with Gasteiger partial charge in [0.1, 0.15) is 12.7 Å². The van der Waals surface area contributed by atoms with E-state index >= 15 is 0 Å². The fourth-order valence-electron chi connectivity index (χ4n) is 2.15. The van der Waals surface area contributed by atoms with Gasteiger partial charge in [-0.05, 0) is 26.0 Å². The van der Waals surface area contributed by atoms with Gasteiger partial charge in [0.25, 0.3) is 0 Å². The summed E-state index contributed by atoms with van der Waals surface area (Å²) >= 11 is 1.73. The van der Waals surface area contributed by atoms with Crippen molar-refractivity contribution >= 4 is 11.3 Å². The standard InChI is InChI=1S/C15H18N2O2S/c1-10(15-8-17-11(2)20-15)16-7-12-9-18-13-5-3-4-6-14(13)19-12/h3-6,8,10,12,16H,7,9H2,1-2H3/t10-,12-/m0/s1. The van der Waals surface area contributed by atoms with Crippen molar-refractivity contribution in [2.75, 3.05) is 13.2 Å². The van der Waals surface area contributed by atoms with Gasteiger partial charge in [-0.25, -0.2) is 4.98 Å². The Bertz CT molecular complexity index is 585. The first-order valence-corrected chi connectivity index (χ1v) is 7.58. The highest BCUT2D eigenvalue weighted by atomic mass is 32.1. The molecule has 2 heterocycles. The zero-order valence-electron chi connectivity index (χ0n) is 11.6. The highest BCUT2D eigenvalue weighted by Gasteiger charge is 2.21. The lowest BCUT2D eigenvalue weighted by Crippen LogP contribution is -2.39. The number of benzene rings is 1. The molecule has 0 aliphatic carbocycles. The lowest BCUT2D eigenvalue weighted by Gasteiger charge is -2.27. The molecule has 0 fully saturated rings. The molecular weight excluding hydrogens is 272 g/mol. The third-order valence-electron chi connectivity index (χ3n) is 3.29. The van der Waals surface area contributed by atoms with Crippen LogP contribution < -0.4 is 14.8 Å². The molecule has 0 unspecified atom stereocenters. The van der Waals surface area contributed by atoms with Gasteiger partial charge in [-0.15, -0.1) is 11.3 Å². The smallest absolute Gasteiger partial charge is 0.161 e. The van der Waals surface area contributed by atoms with Crippen molar-refractivity contribution in [1.29, 1.82) is 0 Å². The molecule has 1 aromatic carbocycles. The van der Waals surface area contributed by atoms with Gasteiger partial charge in [0.15, 0.2) is 11.5 Å². The SMILES string of the molecule is Cc1ncc([C@H](C)NC[C@H]2COc3ccccc3O2)s1. The summed E-state index contributed by atoms with van der Waals surface area (Å²) in [6.45, 7) is 5.51. The molecule has 3 rings (SSSR count). The van der Waals surface area contributed by atoms with Crippen LogP contribution in [-0.2, 0) is 0 Å². The first kappa shape index (κ1) is 13.4. The predicted molar refractivity (Wildman–Crippen MR) is 79.6 cm³/mol. The van der Waals surface area contributed by atoms with Gasteiger partial charge < -0.3 is 14.8 Å². The summed E-state index contributed by atoms with van der Waals surface area (Å²) in [4.78, 5) is 5.53. The molecule has 2 aromatic rings. The fraction of sp³-hybridized carbons (Fsp3) is 0.400. The van der Waals surface area contributed by atoms with Gasteiger partial charge in [0, 0.05) is 23.7 Å². The average molecular weight is 290 g/mol. The number of hydrogen-bond donors (Lipinski definition) is 1. The average Bonchev–Trinajstić information content (AvgIpc) is 2.91. The van der Waals surface area contributed by atoms with Gasteiger partial charge in [-0.3, -0.25) is 0 Å². The molecule has 106 valence electrons. The second-order valence-electron chi connectivity index (χ2n) is 4.91. The normalized spacial score (nSPS) is 18.8. The largest absolute Gasteiger partial charge is 0.486 e. The number of fused-ring (bicyclic) bond motifs is 1. The van der Waals surface area contributed by atoms with Crippen LogP contribution in [0.1, 0.15) is 22.9 Å². The van der Waals surface area contributed by atoms with E-state index in [9.17, 15) is 0 Å². The predicted octanol–water partition coefficient (Wildman–Crippen LogP) is 2.94. The number of ether oxygens (including phenoxy) is 2. The summed E-state index contributed by atoms with van der Waals surface area (Å²) < 4.78 is 11.6. The molecule has 0 saturated heterocycles. The maximum atomic E-state index is 5.92. The first-order chi connectivity index (χ1) is 9.72. The molecule has 20 heavy (non-hydrogen) atoms.